The summed E-state index contributed by atoms with van der Waals surface area (Å²) in [7, 11) is 0. The third-order valence-corrected chi connectivity index (χ3v) is 4.83. The first-order chi connectivity index (χ1) is 15.4. The van der Waals surface area contributed by atoms with Crippen LogP contribution in [0.15, 0.2) is 48.5 Å². The summed E-state index contributed by atoms with van der Waals surface area (Å²) in [6, 6.07) is 14.2. The minimum atomic E-state index is -0.297. The van der Waals surface area contributed by atoms with E-state index >= 15 is 0 Å². The van der Waals surface area contributed by atoms with Gasteiger partial charge < -0.3 is 15.4 Å². The van der Waals surface area contributed by atoms with Gasteiger partial charge in [0, 0.05) is 23.4 Å². The number of carbonyl (C=O) groups is 2. The number of unbranched alkanes of at least 4 members (excludes halogenated alkanes) is 3. The molecule has 0 saturated heterocycles. The van der Waals surface area contributed by atoms with Gasteiger partial charge in [-0.3, -0.25) is 14.9 Å². The van der Waals surface area contributed by atoms with Gasteiger partial charge in [-0.25, -0.2) is 0 Å². The molecule has 0 aromatic heterocycles. The van der Waals surface area contributed by atoms with Crippen LogP contribution in [0.3, 0.4) is 0 Å². The first-order valence-corrected chi connectivity index (χ1v) is 11.5. The molecule has 2 rings (SSSR count). The van der Waals surface area contributed by atoms with Crippen LogP contribution >= 0.6 is 12.2 Å². The molecular weight excluding hydrogens is 422 g/mol. The number of benzene rings is 2. The number of anilines is 2. The highest BCUT2D eigenvalue weighted by molar-refractivity contribution is 7.80. The van der Waals surface area contributed by atoms with Gasteiger partial charge in [0.05, 0.1) is 6.61 Å². The van der Waals surface area contributed by atoms with Gasteiger partial charge in [-0.05, 0) is 73.1 Å². The Kier molecular flexibility index (Phi) is 10.7. The van der Waals surface area contributed by atoms with Gasteiger partial charge in [-0.2, -0.15) is 0 Å². The molecule has 2 aromatic carbocycles. The van der Waals surface area contributed by atoms with E-state index in [0.29, 0.717) is 35.9 Å². The molecule has 2 amide bonds. The molecule has 3 N–H and O–H groups in total. The molecule has 6 nitrogen and oxygen atoms in total. The molecule has 0 atom stereocenters. The van der Waals surface area contributed by atoms with Crippen molar-refractivity contribution >= 4 is 40.5 Å². The van der Waals surface area contributed by atoms with Gasteiger partial charge in [0.25, 0.3) is 5.91 Å². The quantitative estimate of drug-likeness (QED) is 0.297. The van der Waals surface area contributed by atoms with Gasteiger partial charge in [0.1, 0.15) is 5.75 Å². The topological polar surface area (TPSA) is 79.5 Å². The Morgan fingerprint density at radius 1 is 0.906 bits per heavy atom. The Morgan fingerprint density at radius 2 is 1.53 bits per heavy atom. The molecule has 0 heterocycles. The van der Waals surface area contributed by atoms with E-state index in [-0.39, 0.29) is 16.9 Å². The van der Waals surface area contributed by atoms with E-state index in [2.05, 4.69) is 22.9 Å². The minimum Gasteiger partial charge on any atom is -0.494 e. The number of carbonyl (C=O) groups excluding carboxylic acids is 2. The van der Waals surface area contributed by atoms with Crippen LogP contribution in [0.1, 0.15) is 63.2 Å². The molecule has 0 radical (unpaired) electrons. The fraction of sp³-hybridized carbons (Fsp3) is 0.400. The molecular formula is C25H33N3O3S. The van der Waals surface area contributed by atoms with Crippen molar-refractivity contribution in [1.82, 2.24) is 5.32 Å². The highest BCUT2D eigenvalue weighted by Gasteiger charge is 2.09. The van der Waals surface area contributed by atoms with Crippen LogP contribution in [0, 0.1) is 5.92 Å². The van der Waals surface area contributed by atoms with Crippen LogP contribution in [-0.2, 0) is 4.79 Å². The number of hydrogen-bond acceptors (Lipinski definition) is 4. The predicted molar refractivity (Wildman–Crippen MR) is 134 cm³/mol. The van der Waals surface area contributed by atoms with Crippen molar-refractivity contribution in [2.75, 3.05) is 17.2 Å². The predicted octanol–water partition coefficient (Wildman–Crippen LogP) is 5.76. The highest BCUT2D eigenvalue weighted by atomic mass is 32.1. The van der Waals surface area contributed by atoms with Gasteiger partial charge in [0.2, 0.25) is 5.91 Å². The molecule has 0 spiro atoms. The van der Waals surface area contributed by atoms with E-state index in [1.807, 2.05) is 13.8 Å². The molecule has 0 aliphatic carbocycles. The lowest BCUT2D eigenvalue weighted by atomic mass is 10.1. The molecule has 0 fully saturated rings. The minimum absolute atomic E-state index is 0.0172. The van der Waals surface area contributed by atoms with E-state index in [0.717, 1.165) is 18.6 Å². The summed E-state index contributed by atoms with van der Waals surface area (Å²) in [6.07, 6.45) is 5.08. The van der Waals surface area contributed by atoms with Crippen LogP contribution in [0.25, 0.3) is 0 Å². The fourth-order valence-electron chi connectivity index (χ4n) is 2.98. The summed E-state index contributed by atoms with van der Waals surface area (Å²) < 4.78 is 5.70. The van der Waals surface area contributed by atoms with Crippen molar-refractivity contribution < 1.29 is 14.3 Å². The summed E-state index contributed by atoms with van der Waals surface area (Å²) in [4.78, 5) is 24.3. The van der Waals surface area contributed by atoms with Crippen molar-refractivity contribution in [3.05, 3.63) is 54.1 Å². The maximum atomic E-state index is 12.4. The zero-order chi connectivity index (χ0) is 23.3. The van der Waals surface area contributed by atoms with Crippen LogP contribution in [-0.4, -0.2) is 23.5 Å². The Bertz CT molecular complexity index is 880. The van der Waals surface area contributed by atoms with Crippen molar-refractivity contribution in [3.8, 4) is 5.75 Å². The monoisotopic (exact) mass is 455 g/mol. The first kappa shape index (κ1) is 25.3. The molecule has 2 aromatic rings. The number of thiocarbonyl (C=S) groups is 1. The van der Waals surface area contributed by atoms with Gasteiger partial charge in [-0.1, -0.05) is 40.0 Å². The molecule has 172 valence electrons. The number of amides is 2. The second kappa shape index (κ2) is 13.5. The lowest BCUT2D eigenvalue weighted by Crippen LogP contribution is -2.34. The molecule has 0 bridgehead atoms. The van der Waals surface area contributed by atoms with Gasteiger partial charge in [-0.15, -0.1) is 0 Å². The second-order valence-corrected chi connectivity index (χ2v) is 8.47. The van der Waals surface area contributed by atoms with Gasteiger partial charge in [0.15, 0.2) is 5.11 Å². The molecule has 0 saturated carbocycles. The summed E-state index contributed by atoms with van der Waals surface area (Å²) in [5.74, 6) is 0.737. The van der Waals surface area contributed by atoms with Crippen LogP contribution in [0.4, 0.5) is 11.4 Å². The van der Waals surface area contributed by atoms with Crippen molar-refractivity contribution in [3.63, 3.8) is 0 Å². The van der Waals surface area contributed by atoms with Crippen LogP contribution < -0.4 is 20.7 Å². The largest absolute Gasteiger partial charge is 0.494 e. The summed E-state index contributed by atoms with van der Waals surface area (Å²) >= 11 is 5.24. The van der Waals surface area contributed by atoms with E-state index < -0.39 is 0 Å². The summed E-state index contributed by atoms with van der Waals surface area (Å²) in [5.41, 5.74) is 1.92. The number of hydrogen-bond donors (Lipinski definition) is 3. The third-order valence-electron chi connectivity index (χ3n) is 4.63. The number of nitrogens with one attached hydrogen (secondary N) is 3. The van der Waals surface area contributed by atoms with Crippen molar-refractivity contribution in [2.24, 2.45) is 5.92 Å². The van der Waals surface area contributed by atoms with E-state index in [1.54, 1.807) is 48.5 Å². The zero-order valence-electron chi connectivity index (χ0n) is 19.1. The number of rotatable bonds is 11. The summed E-state index contributed by atoms with van der Waals surface area (Å²) in [5, 5.41) is 8.69. The van der Waals surface area contributed by atoms with E-state index in [1.165, 1.54) is 12.8 Å². The lowest BCUT2D eigenvalue weighted by molar-refractivity contribution is -0.116. The maximum Gasteiger partial charge on any atom is 0.257 e. The smallest absolute Gasteiger partial charge is 0.257 e. The normalized spacial score (nSPS) is 10.5. The van der Waals surface area contributed by atoms with Crippen molar-refractivity contribution in [1.29, 1.82) is 0 Å². The van der Waals surface area contributed by atoms with E-state index in [4.69, 9.17) is 17.0 Å². The average molecular weight is 456 g/mol. The standard InChI is InChI=1S/C25H33N3O3S/c1-4-5-6-7-16-31-22-14-8-19(9-15-22)24(30)28-25(32)27-21-12-10-20(11-13-21)26-23(29)17-18(2)3/h8-15,18H,4-7,16-17H2,1-3H3,(H,26,29)(H2,27,28,30,32). The Hall–Kier alpha value is -2.93. The van der Waals surface area contributed by atoms with E-state index in [9.17, 15) is 9.59 Å². The first-order valence-electron chi connectivity index (χ1n) is 11.1. The molecule has 32 heavy (non-hydrogen) atoms. The summed E-state index contributed by atoms with van der Waals surface area (Å²) in [6.45, 7) is 6.86. The Morgan fingerprint density at radius 3 is 2.12 bits per heavy atom. The fourth-order valence-corrected chi connectivity index (χ4v) is 3.19. The lowest BCUT2D eigenvalue weighted by Gasteiger charge is -2.11. The average Bonchev–Trinajstić information content (AvgIpc) is 2.74. The SMILES string of the molecule is CCCCCCOc1ccc(C(=O)NC(=S)Nc2ccc(NC(=O)CC(C)C)cc2)cc1. The Balaban J connectivity index is 1.78. The highest BCUT2D eigenvalue weighted by Crippen LogP contribution is 2.15. The number of ether oxygens (including phenoxy) is 1. The van der Waals surface area contributed by atoms with Crippen molar-refractivity contribution in [2.45, 2.75) is 52.9 Å². The van der Waals surface area contributed by atoms with Crippen LogP contribution in [0.2, 0.25) is 0 Å². The maximum absolute atomic E-state index is 12.4. The molecule has 7 heteroatoms. The molecule has 0 aliphatic rings. The molecule has 0 unspecified atom stereocenters. The second-order valence-electron chi connectivity index (χ2n) is 8.07. The molecule has 0 aliphatic heterocycles. The van der Waals surface area contributed by atoms with Crippen LogP contribution in [0.5, 0.6) is 5.75 Å². The Labute approximate surface area is 196 Å². The zero-order valence-corrected chi connectivity index (χ0v) is 19.9. The van der Waals surface area contributed by atoms with Gasteiger partial charge >= 0.3 is 0 Å². The third kappa shape index (κ3) is 9.47.